The highest BCUT2D eigenvalue weighted by molar-refractivity contribution is 7.98. The van der Waals surface area contributed by atoms with Gasteiger partial charge in [0.1, 0.15) is 0 Å². The molecule has 2 N–H and O–H groups in total. The Morgan fingerprint density at radius 1 is 1.18 bits per heavy atom. The molecule has 0 radical (unpaired) electrons. The van der Waals surface area contributed by atoms with Crippen LogP contribution in [-0.4, -0.2) is 56.8 Å². The van der Waals surface area contributed by atoms with Crippen molar-refractivity contribution in [2.45, 2.75) is 38.8 Å². The molecule has 2 amide bonds. The first-order valence-electron chi connectivity index (χ1n) is 10.4. The van der Waals surface area contributed by atoms with E-state index < -0.39 is 18.5 Å². The van der Waals surface area contributed by atoms with Gasteiger partial charge in [-0.1, -0.05) is 17.8 Å². The molecule has 0 aliphatic rings. The zero-order valence-electron chi connectivity index (χ0n) is 19.0. The third-order valence-electron chi connectivity index (χ3n) is 4.90. The molecule has 0 aliphatic carbocycles. The number of carbonyl (C=O) groups is 3. The Morgan fingerprint density at radius 3 is 2.70 bits per heavy atom. The van der Waals surface area contributed by atoms with Crippen molar-refractivity contribution >= 4 is 41.0 Å². The van der Waals surface area contributed by atoms with E-state index in [1.165, 1.54) is 11.8 Å². The molecule has 3 rings (SSSR count). The van der Waals surface area contributed by atoms with E-state index in [-0.39, 0.29) is 12.3 Å². The molecule has 0 bridgehead atoms. The van der Waals surface area contributed by atoms with Gasteiger partial charge in [-0.15, -0.1) is 5.10 Å². The summed E-state index contributed by atoms with van der Waals surface area (Å²) in [4.78, 5) is 45.1. The number of carbonyl (C=O) groups excluding carboxylic acids is 3. The Bertz CT molecular complexity index is 1190. The Balaban J connectivity index is 1.53. The van der Waals surface area contributed by atoms with Gasteiger partial charge in [0.25, 0.3) is 17.6 Å². The van der Waals surface area contributed by atoms with E-state index in [9.17, 15) is 14.4 Å². The van der Waals surface area contributed by atoms with Crippen molar-refractivity contribution in [3.8, 4) is 0 Å². The van der Waals surface area contributed by atoms with Crippen molar-refractivity contribution in [1.29, 1.82) is 0 Å². The summed E-state index contributed by atoms with van der Waals surface area (Å²) in [5, 5.41) is 10.4. The first-order chi connectivity index (χ1) is 15.8. The molecule has 3 aromatic rings. The molecule has 0 aliphatic heterocycles. The summed E-state index contributed by atoms with van der Waals surface area (Å²) in [6.45, 7) is 5.68. The van der Waals surface area contributed by atoms with Gasteiger partial charge in [-0.3, -0.25) is 14.4 Å². The zero-order chi connectivity index (χ0) is 24.0. The van der Waals surface area contributed by atoms with E-state index >= 15 is 0 Å². The van der Waals surface area contributed by atoms with E-state index in [2.05, 4.69) is 25.7 Å². The monoisotopic (exact) mass is 470 g/mol. The van der Waals surface area contributed by atoms with Crippen LogP contribution in [0.3, 0.4) is 0 Å². The molecule has 11 heteroatoms. The predicted molar refractivity (Wildman–Crippen MR) is 124 cm³/mol. The van der Waals surface area contributed by atoms with Crippen LogP contribution in [0.25, 0.3) is 5.78 Å². The molecular formula is C22H26N6O4S. The van der Waals surface area contributed by atoms with Crippen LogP contribution in [0, 0.1) is 13.8 Å². The predicted octanol–water partition coefficient (Wildman–Crippen LogP) is 2.33. The number of thioether (sulfide) groups is 1. The molecule has 0 spiro atoms. The molecule has 0 fully saturated rings. The van der Waals surface area contributed by atoms with E-state index in [0.29, 0.717) is 35.2 Å². The van der Waals surface area contributed by atoms with Crippen LogP contribution in [-0.2, 0) is 20.7 Å². The number of benzene rings is 1. The van der Waals surface area contributed by atoms with Gasteiger partial charge < -0.3 is 15.4 Å². The average molecular weight is 471 g/mol. The fourth-order valence-electron chi connectivity index (χ4n) is 3.28. The normalized spacial score (nSPS) is 10.8. The molecule has 33 heavy (non-hydrogen) atoms. The van der Waals surface area contributed by atoms with Crippen LogP contribution in [0.1, 0.15) is 40.7 Å². The molecule has 2 heterocycles. The summed E-state index contributed by atoms with van der Waals surface area (Å²) in [5.41, 5.74) is 3.41. The number of rotatable bonds is 9. The van der Waals surface area contributed by atoms with Gasteiger partial charge >= 0.3 is 5.97 Å². The minimum Gasteiger partial charge on any atom is -0.456 e. The van der Waals surface area contributed by atoms with Crippen LogP contribution < -0.4 is 10.6 Å². The lowest BCUT2D eigenvalue weighted by Gasteiger charge is -2.11. The van der Waals surface area contributed by atoms with E-state index in [1.807, 2.05) is 27.0 Å². The van der Waals surface area contributed by atoms with Crippen molar-refractivity contribution in [2.75, 3.05) is 24.7 Å². The second-order valence-electron chi connectivity index (χ2n) is 7.22. The van der Waals surface area contributed by atoms with Crippen molar-refractivity contribution in [2.24, 2.45) is 0 Å². The summed E-state index contributed by atoms with van der Waals surface area (Å²) in [6.07, 6.45) is 2.40. The first-order valence-corrected chi connectivity index (χ1v) is 11.7. The molecular weight excluding hydrogens is 444 g/mol. The van der Waals surface area contributed by atoms with Crippen LogP contribution >= 0.6 is 11.8 Å². The molecule has 2 aromatic heterocycles. The number of hydrogen-bond acceptors (Lipinski definition) is 8. The molecule has 0 saturated heterocycles. The summed E-state index contributed by atoms with van der Waals surface area (Å²) in [5.74, 6) is -0.690. The van der Waals surface area contributed by atoms with Crippen molar-refractivity contribution < 1.29 is 19.1 Å². The smallest absolute Gasteiger partial charge is 0.306 e. The highest BCUT2D eigenvalue weighted by Gasteiger charge is 2.16. The number of fused-ring (bicyclic) bond motifs is 1. The maximum absolute atomic E-state index is 12.2. The third-order valence-corrected chi connectivity index (χ3v) is 5.44. The second-order valence-corrected chi connectivity index (χ2v) is 7.99. The number of nitrogens with zero attached hydrogens (tertiary/aromatic N) is 4. The molecule has 1 aromatic carbocycles. The highest BCUT2D eigenvalue weighted by atomic mass is 32.2. The van der Waals surface area contributed by atoms with Crippen molar-refractivity contribution in [3.05, 3.63) is 46.8 Å². The summed E-state index contributed by atoms with van der Waals surface area (Å²) < 4.78 is 6.78. The van der Waals surface area contributed by atoms with Gasteiger partial charge in [-0.2, -0.15) is 4.98 Å². The Morgan fingerprint density at radius 2 is 1.97 bits per heavy atom. The number of aromatic nitrogens is 4. The van der Waals surface area contributed by atoms with E-state index in [0.717, 1.165) is 17.0 Å². The quantitative estimate of drug-likeness (QED) is 0.360. The fourth-order valence-corrected chi connectivity index (χ4v) is 3.62. The largest absolute Gasteiger partial charge is 0.456 e. The van der Waals surface area contributed by atoms with Gasteiger partial charge in [-0.05, 0) is 57.2 Å². The van der Waals surface area contributed by atoms with E-state index in [1.54, 1.807) is 28.8 Å². The minimum absolute atomic E-state index is 0.0961. The number of aryl methyl sites for hydroxylation is 2. The molecule has 0 saturated carbocycles. The maximum Gasteiger partial charge on any atom is 0.306 e. The number of anilines is 1. The Labute approximate surface area is 195 Å². The lowest BCUT2D eigenvalue weighted by Crippen LogP contribution is -2.23. The molecule has 0 atom stereocenters. The van der Waals surface area contributed by atoms with Crippen LogP contribution in [0.5, 0.6) is 0 Å². The fraction of sp³-hybridized carbons (Fsp3) is 0.364. The number of nitrogens with one attached hydrogen (secondary N) is 2. The average Bonchev–Trinajstić information content (AvgIpc) is 3.21. The van der Waals surface area contributed by atoms with Crippen molar-refractivity contribution in [1.82, 2.24) is 24.9 Å². The Kier molecular flexibility index (Phi) is 7.99. The zero-order valence-corrected chi connectivity index (χ0v) is 19.8. The van der Waals surface area contributed by atoms with Gasteiger partial charge in [-0.25, -0.2) is 9.50 Å². The summed E-state index contributed by atoms with van der Waals surface area (Å²) >= 11 is 1.43. The van der Waals surface area contributed by atoms with Gasteiger partial charge in [0.15, 0.2) is 6.61 Å². The molecule has 10 nitrogen and oxygen atoms in total. The lowest BCUT2D eigenvalue weighted by molar-refractivity contribution is -0.147. The van der Waals surface area contributed by atoms with Gasteiger partial charge in [0, 0.05) is 35.6 Å². The van der Waals surface area contributed by atoms with Crippen LogP contribution in [0.4, 0.5) is 5.69 Å². The van der Waals surface area contributed by atoms with Crippen LogP contribution in [0.2, 0.25) is 0 Å². The summed E-state index contributed by atoms with van der Waals surface area (Å²) in [6, 6.07) is 6.53. The van der Waals surface area contributed by atoms with Crippen LogP contribution in [0.15, 0.2) is 29.4 Å². The number of amides is 2. The standard InChI is InChI=1S/C22H26N6O4S/c1-5-23-20(31)15-7-6-8-16(11-15)25-18(29)12-32-19(30)10-9-17-13(2)24-21-26-22(33-4)27-28(21)14(17)3/h6-8,11H,5,9-10,12H2,1-4H3,(H,23,31)(H,25,29). The lowest BCUT2D eigenvalue weighted by atomic mass is 10.1. The van der Waals surface area contributed by atoms with E-state index in [4.69, 9.17) is 4.74 Å². The third kappa shape index (κ3) is 6.07. The highest BCUT2D eigenvalue weighted by Crippen LogP contribution is 2.18. The minimum atomic E-state index is -0.497. The second kappa shape index (κ2) is 10.9. The topological polar surface area (TPSA) is 128 Å². The van der Waals surface area contributed by atoms with Crippen molar-refractivity contribution in [3.63, 3.8) is 0 Å². The number of hydrogen-bond donors (Lipinski definition) is 2. The Hall–Kier alpha value is -3.47. The molecule has 174 valence electrons. The number of ether oxygens (including phenoxy) is 1. The van der Waals surface area contributed by atoms with Gasteiger partial charge in [0.2, 0.25) is 5.16 Å². The first kappa shape index (κ1) is 24.2. The SMILES string of the molecule is CCNC(=O)c1cccc(NC(=O)COC(=O)CCc2c(C)nc3nc(SC)nn3c2C)c1. The maximum atomic E-state index is 12.2. The number of esters is 1. The molecule has 0 unspecified atom stereocenters. The van der Waals surface area contributed by atoms with Gasteiger partial charge in [0.05, 0.1) is 0 Å². The summed E-state index contributed by atoms with van der Waals surface area (Å²) in [7, 11) is 0.